The van der Waals surface area contributed by atoms with E-state index in [2.05, 4.69) is 20.4 Å². The molecule has 2 heterocycles. The third-order valence-electron chi connectivity index (χ3n) is 4.01. The number of nitrogens with zero attached hydrogens (tertiary/aromatic N) is 4. The highest BCUT2D eigenvalue weighted by Gasteiger charge is 2.12. The summed E-state index contributed by atoms with van der Waals surface area (Å²) in [5.41, 5.74) is 1.07. The van der Waals surface area contributed by atoms with E-state index in [0.29, 0.717) is 33.9 Å². The first kappa shape index (κ1) is 16.9. The number of halogens is 1. The first-order valence-electron chi connectivity index (χ1n) is 8.21. The predicted molar refractivity (Wildman–Crippen MR) is 98.4 cm³/mol. The molecular formula is C19H16FN5O2. The Labute approximate surface area is 154 Å². The van der Waals surface area contributed by atoms with Gasteiger partial charge in [-0.2, -0.15) is 5.10 Å². The molecule has 2 aromatic heterocycles. The number of benzene rings is 2. The molecule has 0 radical (unpaired) electrons. The number of hydrogen-bond donors (Lipinski definition) is 2. The zero-order valence-electron chi connectivity index (χ0n) is 14.4. The Hall–Kier alpha value is -3.52. The van der Waals surface area contributed by atoms with Gasteiger partial charge in [-0.3, -0.25) is 4.68 Å². The molecule has 0 amide bonds. The summed E-state index contributed by atoms with van der Waals surface area (Å²) in [5, 5.41) is 17.5. The van der Waals surface area contributed by atoms with Crippen molar-refractivity contribution in [1.29, 1.82) is 0 Å². The number of aliphatic hydroxyl groups excluding tert-OH is 1. The smallest absolute Gasteiger partial charge is 0.168 e. The van der Waals surface area contributed by atoms with Crippen LogP contribution in [0.4, 0.5) is 16.0 Å². The van der Waals surface area contributed by atoms with Crippen LogP contribution in [0.3, 0.4) is 0 Å². The Balaban J connectivity index is 1.72. The summed E-state index contributed by atoms with van der Waals surface area (Å²) in [7, 11) is 1.82. The van der Waals surface area contributed by atoms with Gasteiger partial charge in [-0.25, -0.2) is 14.4 Å². The van der Waals surface area contributed by atoms with Crippen LogP contribution >= 0.6 is 0 Å². The molecule has 0 saturated carbocycles. The van der Waals surface area contributed by atoms with Gasteiger partial charge >= 0.3 is 0 Å². The molecule has 0 spiro atoms. The summed E-state index contributed by atoms with van der Waals surface area (Å²) in [4.78, 5) is 8.51. The first-order chi connectivity index (χ1) is 13.1. The predicted octanol–water partition coefficient (Wildman–Crippen LogP) is 3.53. The second-order valence-electron chi connectivity index (χ2n) is 5.89. The SMILES string of the molecule is Cn1ccc(Nc2ncnc3ccc(Oc4c(F)cccc4CO)cc23)n1. The number of aryl methyl sites for hydroxylation is 1. The fourth-order valence-electron chi connectivity index (χ4n) is 2.71. The number of aliphatic hydroxyl groups is 1. The highest BCUT2D eigenvalue weighted by Crippen LogP contribution is 2.32. The van der Waals surface area contributed by atoms with Crippen LogP contribution in [0.25, 0.3) is 10.9 Å². The van der Waals surface area contributed by atoms with E-state index >= 15 is 0 Å². The van der Waals surface area contributed by atoms with Crippen LogP contribution in [-0.4, -0.2) is 24.9 Å². The molecule has 7 nitrogen and oxygen atoms in total. The zero-order valence-corrected chi connectivity index (χ0v) is 14.4. The molecule has 4 aromatic rings. The number of para-hydroxylation sites is 1. The van der Waals surface area contributed by atoms with Gasteiger partial charge < -0.3 is 15.2 Å². The second kappa shape index (κ2) is 7.00. The van der Waals surface area contributed by atoms with E-state index in [4.69, 9.17) is 4.74 Å². The number of nitrogens with one attached hydrogen (secondary N) is 1. The van der Waals surface area contributed by atoms with Crippen LogP contribution < -0.4 is 10.1 Å². The molecule has 2 aromatic carbocycles. The van der Waals surface area contributed by atoms with E-state index in [1.54, 1.807) is 28.9 Å². The maximum atomic E-state index is 14.1. The van der Waals surface area contributed by atoms with Crippen LogP contribution in [0.2, 0.25) is 0 Å². The van der Waals surface area contributed by atoms with Crippen molar-refractivity contribution in [2.45, 2.75) is 6.61 Å². The van der Waals surface area contributed by atoms with Crippen LogP contribution in [0.15, 0.2) is 55.0 Å². The summed E-state index contributed by atoms with van der Waals surface area (Å²) in [6, 6.07) is 11.4. The highest BCUT2D eigenvalue weighted by atomic mass is 19.1. The fraction of sp³-hybridized carbons (Fsp3) is 0.105. The minimum Gasteiger partial charge on any atom is -0.454 e. The van der Waals surface area contributed by atoms with Gasteiger partial charge in [0.25, 0.3) is 0 Å². The molecule has 0 bridgehead atoms. The van der Waals surface area contributed by atoms with Crippen LogP contribution in [0.5, 0.6) is 11.5 Å². The second-order valence-corrected chi connectivity index (χ2v) is 5.89. The van der Waals surface area contributed by atoms with Gasteiger partial charge in [0.2, 0.25) is 0 Å². The van der Waals surface area contributed by atoms with Crippen molar-refractivity contribution in [3.63, 3.8) is 0 Å². The average Bonchev–Trinajstić information content (AvgIpc) is 3.08. The number of rotatable bonds is 5. The number of ether oxygens (including phenoxy) is 1. The molecule has 27 heavy (non-hydrogen) atoms. The maximum Gasteiger partial charge on any atom is 0.168 e. The molecule has 8 heteroatoms. The van der Waals surface area contributed by atoms with Crippen molar-refractivity contribution in [3.05, 3.63) is 66.4 Å². The number of fused-ring (bicyclic) bond motifs is 1. The first-order valence-corrected chi connectivity index (χ1v) is 8.21. The zero-order chi connectivity index (χ0) is 18.8. The number of hydrogen-bond acceptors (Lipinski definition) is 6. The van der Waals surface area contributed by atoms with E-state index in [9.17, 15) is 9.50 Å². The van der Waals surface area contributed by atoms with Gasteiger partial charge in [0, 0.05) is 30.3 Å². The lowest BCUT2D eigenvalue weighted by molar-refractivity contribution is 0.274. The van der Waals surface area contributed by atoms with E-state index in [0.717, 1.165) is 0 Å². The molecule has 0 atom stereocenters. The van der Waals surface area contributed by atoms with Gasteiger partial charge in [-0.1, -0.05) is 12.1 Å². The fourth-order valence-corrected chi connectivity index (χ4v) is 2.71. The molecule has 0 aliphatic heterocycles. The summed E-state index contributed by atoms with van der Waals surface area (Å²) in [6.45, 7) is -0.323. The molecule has 4 rings (SSSR count). The van der Waals surface area contributed by atoms with Crippen molar-refractivity contribution in [2.75, 3.05) is 5.32 Å². The highest BCUT2D eigenvalue weighted by molar-refractivity contribution is 5.91. The third-order valence-corrected chi connectivity index (χ3v) is 4.01. The Kier molecular flexibility index (Phi) is 4.39. The molecular weight excluding hydrogens is 349 g/mol. The monoisotopic (exact) mass is 365 g/mol. The number of anilines is 2. The molecule has 136 valence electrons. The van der Waals surface area contributed by atoms with Gasteiger partial charge in [-0.05, 0) is 24.3 Å². The molecule has 0 fully saturated rings. The molecule has 0 saturated heterocycles. The van der Waals surface area contributed by atoms with Crippen molar-refractivity contribution < 1.29 is 14.2 Å². The lowest BCUT2D eigenvalue weighted by Gasteiger charge is -2.12. The minimum absolute atomic E-state index is 0.00423. The Morgan fingerprint density at radius 2 is 2.07 bits per heavy atom. The van der Waals surface area contributed by atoms with Gasteiger partial charge in [0.05, 0.1) is 12.1 Å². The van der Waals surface area contributed by atoms with E-state index in [-0.39, 0.29) is 12.4 Å². The van der Waals surface area contributed by atoms with E-state index in [1.165, 1.54) is 18.5 Å². The summed E-state index contributed by atoms with van der Waals surface area (Å²) in [5.74, 6) is 1.05. The van der Waals surface area contributed by atoms with Gasteiger partial charge in [0.15, 0.2) is 17.4 Å². The van der Waals surface area contributed by atoms with Gasteiger partial charge in [0.1, 0.15) is 17.9 Å². The largest absolute Gasteiger partial charge is 0.454 e. The number of aromatic nitrogens is 4. The lowest BCUT2D eigenvalue weighted by Crippen LogP contribution is -1.99. The molecule has 2 N–H and O–H groups in total. The van der Waals surface area contributed by atoms with Crippen molar-refractivity contribution in [2.24, 2.45) is 7.05 Å². The van der Waals surface area contributed by atoms with Crippen molar-refractivity contribution in [1.82, 2.24) is 19.7 Å². The summed E-state index contributed by atoms with van der Waals surface area (Å²) >= 11 is 0. The van der Waals surface area contributed by atoms with Crippen LogP contribution in [0, 0.1) is 5.82 Å². The Bertz CT molecular complexity index is 1110. The average molecular weight is 365 g/mol. The standard InChI is InChI=1S/C19H16FN5O2/c1-25-8-7-17(24-25)23-19-14-9-13(5-6-16(14)21-11-22-19)27-18-12(10-26)3-2-4-15(18)20/h2-9,11,26H,10H2,1H3,(H,21,22,23,24). The normalized spacial score (nSPS) is 10.9. The summed E-state index contributed by atoms with van der Waals surface area (Å²) < 4.78 is 21.5. The van der Waals surface area contributed by atoms with E-state index < -0.39 is 5.82 Å². The van der Waals surface area contributed by atoms with E-state index in [1.807, 2.05) is 19.3 Å². The topological polar surface area (TPSA) is 85.1 Å². The molecule has 0 aliphatic rings. The lowest BCUT2D eigenvalue weighted by atomic mass is 10.2. The van der Waals surface area contributed by atoms with Crippen LogP contribution in [0.1, 0.15) is 5.56 Å². The Morgan fingerprint density at radius 3 is 2.85 bits per heavy atom. The van der Waals surface area contributed by atoms with Crippen LogP contribution in [-0.2, 0) is 13.7 Å². The minimum atomic E-state index is -0.544. The van der Waals surface area contributed by atoms with Crippen molar-refractivity contribution in [3.8, 4) is 11.5 Å². The van der Waals surface area contributed by atoms with Gasteiger partial charge in [-0.15, -0.1) is 0 Å². The van der Waals surface area contributed by atoms with Crippen molar-refractivity contribution >= 4 is 22.5 Å². The molecule has 0 unspecified atom stereocenters. The third kappa shape index (κ3) is 3.42. The maximum absolute atomic E-state index is 14.1. The Morgan fingerprint density at radius 1 is 1.19 bits per heavy atom. The quantitative estimate of drug-likeness (QED) is 0.563. The molecule has 0 aliphatic carbocycles. The summed E-state index contributed by atoms with van der Waals surface area (Å²) in [6.07, 6.45) is 3.27.